The van der Waals surface area contributed by atoms with Crippen molar-refractivity contribution in [2.75, 3.05) is 5.32 Å². The Morgan fingerprint density at radius 1 is 1.09 bits per heavy atom. The molecule has 2 aromatic heterocycles. The van der Waals surface area contributed by atoms with Gasteiger partial charge in [0.15, 0.2) is 0 Å². The van der Waals surface area contributed by atoms with Crippen molar-refractivity contribution in [2.45, 2.75) is 0 Å². The van der Waals surface area contributed by atoms with Crippen LogP contribution < -0.4 is 11.1 Å². The van der Waals surface area contributed by atoms with Crippen LogP contribution in [-0.2, 0) is 0 Å². The molecule has 0 fully saturated rings. The van der Waals surface area contributed by atoms with Crippen LogP contribution in [0.3, 0.4) is 0 Å². The number of hydrogen-bond acceptors (Lipinski definition) is 5. The van der Waals surface area contributed by atoms with Crippen LogP contribution in [0.5, 0.6) is 0 Å². The van der Waals surface area contributed by atoms with Gasteiger partial charge in [0.25, 0.3) is 5.91 Å². The monoisotopic (exact) mass is 324 g/mol. The molecule has 3 aromatic rings. The molecule has 6 nitrogen and oxygen atoms in total. The molecule has 0 bridgehead atoms. The quantitative estimate of drug-likeness (QED) is 0.770. The molecule has 0 aliphatic carbocycles. The molecule has 0 spiro atoms. The number of carbonyl (C=O) groups excluding carboxylic acids is 2. The van der Waals surface area contributed by atoms with E-state index in [0.717, 1.165) is 11.3 Å². The fraction of sp³-hybridized carbons (Fsp3) is 0. The fourth-order valence-corrected chi connectivity index (χ4v) is 2.59. The Labute approximate surface area is 136 Å². The highest BCUT2D eigenvalue weighted by atomic mass is 32.1. The Hall–Kier alpha value is -3.06. The third-order valence-electron chi connectivity index (χ3n) is 3.10. The lowest BCUT2D eigenvalue weighted by Crippen LogP contribution is -2.15. The number of carbonyl (C=O) groups is 2. The van der Waals surface area contributed by atoms with Gasteiger partial charge in [0.1, 0.15) is 10.7 Å². The molecule has 23 heavy (non-hydrogen) atoms. The van der Waals surface area contributed by atoms with Crippen LogP contribution in [0.25, 0.3) is 11.3 Å². The number of pyridine rings is 1. The second-order valence-electron chi connectivity index (χ2n) is 4.69. The molecule has 0 atom stereocenters. The molecular formula is C16H12N4O2S. The van der Waals surface area contributed by atoms with Gasteiger partial charge in [0.05, 0.1) is 11.3 Å². The van der Waals surface area contributed by atoms with Gasteiger partial charge in [-0.25, -0.2) is 0 Å². The van der Waals surface area contributed by atoms with Gasteiger partial charge in [-0.15, -0.1) is 0 Å². The van der Waals surface area contributed by atoms with Gasteiger partial charge in [0.2, 0.25) is 5.91 Å². The highest BCUT2D eigenvalue weighted by Gasteiger charge is 2.11. The minimum atomic E-state index is -0.584. The van der Waals surface area contributed by atoms with E-state index in [0.29, 0.717) is 5.00 Å². The highest BCUT2D eigenvalue weighted by molar-refractivity contribution is 7.10. The predicted molar refractivity (Wildman–Crippen MR) is 88.3 cm³/mol. The average Bonchev–Trinajstić information content (AvgIpc) is 3.04. The van der Waals surface area contributed by atoms with Gasteiger partial charge in [0, 0.05) is 17.8 Å². The van der Waals surface area contributed by atoms with Gasteiger partial charge in [-0.05, 0) is 23.7 Å². The van der Waals surface area contributed by atoms with Crippen LogP contribution >= 0.6 is 11.5 Å². The molecule has 0 radical (unpaired) electrons. The molecule has 0 saturated carbocycles. The van der Waals surface area contributed by atoms with E-state index >= 15 is 0 Å². The van der Waals surface area contributed by atoms with Gasteiger partial charge < -0.3 is 11.1 Å². The lowest BCUT2D eigenvalue weighted by molar-refractivity contribution is 0.0993. The normalized spacial score (nSPS) is 10.3. The van der Waals surface area contributed by atoms with Crippen molar-refractivity contribution in [2.24, 2.45) is 5.73 Å². The molecule has 1 aromatic carbocycles. The number of amides is 2. The number of primary amides is 1. The summed E-state index contributed by atoms with van der Waals surface area (Å²) in [6.45, 7) is 0. The summed E-state index contributed by atoms with van der Waals surface area (Å²) < 4.78 is 4.32. The molecule has 2 heterocycles. The number of rotatable bonds is 4. The SMILES string of the molecule is NC(=O)c1ccc(C(=O)Nc2cc(-c3ccccc3)ns2)nc1. The van der Waals surface area contributed by atoms with E-state index in [-0.39, 0.29) is 17.2 Å². The van der Waals surface area contributed by atoms with Gasteiger partial charge in [-0.2, -0.15) is 4.37 Å². The van der Waals surface area contributed by atoms with Crippen LogP contribution in [0.4, 0.5) is 5.00 Å². The zero-order valence-corrected chi connectivity index (χ0v) is 12.7. The first-order valence-electron chi connectivity index (χ1n) is 6.73. The number of anilines is 1. The summed E-state index contributed by atoms with van der Waals surface area (Å²) in [5.74, 6) is -0.955. The second-order valence-corrected chi connectivity index (χ2v) is 5.50. The standard InChI is InChI=1S/C16H12N4O2S/c17-15(21)11-6-7-12(18-9-11)16(22)19-14-8-13(20-23-14)10-4-2-1-3-5-10/h1-9H,(H2,17,21)(H,19,22). The van der Waals surface area contributed by atoms with Crippen LogP contribution in [-0.4, -0.2) is 21.2 Å². The van der Waals surface area contributed by atoms with Gasteiger partial charge in [-0.1, -0.05) is 30.3 Å². The number of nitrogens with two attached hydrogens (primary N) is 1. The Morgan fingerprint density at radius 3 is 2.52 bits per heavy atom. The highest BCUT2D eigenvalue weighted by Crippen LogP contribution is 2.25. The van der Waals surface area contributed by atoms with E-state index in [1.54, 1.807) is 6.07 Å². The van der Waals surface area contributed by atoms with Crippen molar-refractivity contribution in [3.8, 4) is 11.3 Å². The first kappa shape index (κ1) is 14.9. The Morgan fingerprint density at radius 2 is 1.87 bits per heavy atom. The van der Waals surface area contributed by atoms with Crippen LogP contribution in [0.1, 0.15) is 20.8 Å². The molecule has 7 heteroatoms. The van der Waals surface area contributed by atoms with E-state index in [4.69, 9.17) is 5.73 Å². The molecule has 2 amide bonds. The number of benzene rings is 1. The summed E-state index contributed by atoms with van der Waals surface area (Å²) in [6, 6.07) is 14.4. The van der Waals surface area contributed by atoms with Crippen molar-refractivity contribution in [1.29, 1.82) is 0 Å². The van der Waals surface area contributed by atoms with Crippen LogP contribution in [0.2, 0.25) is 0 Å². The van der Waals surface area contributed by atoms with Gasteiger partial charge in [-0.3, -0.25) is 14.6 Å². The number of nitrogens with one attached hydrogen (secondary N) is 1. The molecule has 0 aliphatic heterocycles. The zero-order chi connectivity index (χ0) is 16.2. The molecule has 3 N–H and O–H groups in total. The maximum Gasteiger partial charge on any atom is 0.274 e. The van der Waals surface area contributed by atoms with Crippen molar-refractivity contribution in [1.82, 2.24) is 9.36 Å². The molecular weight excluding hydrogens is 312 g/mol. The second kappa shape index (κ2) is 6.37. The summed E-state index contributed by atoms with van der Waals surface area (Å²) in [5, 5.41) is 3.36. The third-order valence-corrected chi connectivity index (χ3v) is 3.80. The fourth-order valence-electron chi connectivity index (χ4n) is 1.93. The van der Waals surface area contributed by atoms with E-state index in [1.807, 2.05) is 30.3 Å². The topological polar surface area (TPSA) is 98.0 Å². The number of hydrogen-bond donors (Lipinski definition) is 2. The van der Waals surface area contributed by atoms with E-state index < -0.39 is 5.91 Å². The Kier molecular flexibility index (Phi) is 4.11. The number of aromatic nitrogens is 2. The van der Waals surface area contributed by atoms with E-state index in [1.165, 1.54) is 29.9 Å². The van der Waals surface area contributed by atoms with Gasteiger partial charge >= 0.3 is 0 Å². The van der Waals surface area contributed by atoms with E-state index in [2.05, 4.69) is 14.7 Å². The third kappa shape index (κ3) is 3.41. The van der Waals surface area contributed by atoms with Crippen molar-refractivity contribution >= 4 is 28.3 Å². The summed E-state index contributed by atoms with van der Waals surface area (Å²) in [7, 11) is 0. The molecule has 0 aliphatic rings. The average molecular weight is 324 g/mol. The summed E-state index contributed by atoms with van der Waals surface area (Å²) >= 11 is 1.19. The van der Waals surface area contributed by atoms with Crippen molar-refractivity contribution in [3.05, 3.63) is 66.0 Å². The van der Waals surface area contributed by atoms with Crippen molar-refractivity contribution < 1.29 is 9.59 Å². The summed E-state index contributed by atoms with van der Waals surface area (Å²) in [5.41, 5.74) is 7.36. The maximum absolute atomic E-state index is 12.1. The van der Waals surface area contributed by atoms with Crippen LogP contribution in [0, 0.1) is 0 Å². The smallest absolute Gasteiger partial charge is 0.274 e. The molecule has 0 saturated heterocycles. The maximum atomic E-state index is 12.1. The summed E-state index contributed by atoms with van der Waals surface area (Å²) in [6.07, 6.45) is 1.28. The first-order chi connectivity index (χ1) is 11.1. The van der Waals surface area contributed by atoms with E-state index in [9.17, 15) is 9.59 Å². The Bertz CT molecular complexity index is 844. The predicted octanol–water partition coefficient (Wildman–Crippen LogP) is 2.56. The largest absolute Gasteiger partial charge is 0.366 e. The molecule has 0 unspecified atom stereocenters. The lowest BCUT2D eigenvalue weighted by Gasteiger charge is -2.01. The zero-order valence-electron chi connectivity index (χ0n) is 11.9. The Balaban J connectivity index is 1.73. The molecule has 3 rings (SSSR count). The minimum Gasteiger partial charge on any atom is -0.366 e. The van der Waals surface area contributed by atoms with Crippen molar-refractivity contribution in [3.63, 3.8) is 0 Å². The summed E-state index contributed by atoms with van der Waals surface area (Å²) in [4.78, 5) is 27.0. The minimum absolute atomic E-state index is 0.199. The molecule has 114 valence electrons. The lowest BCUT2D eigenvalue weighted by atomic mass is 10.1. The van der Waals surface area contributed by atoms with Crippen LogP contribution in [0.15, 0.2) is 54.7 Å². The number of nitrogens with zero attached hydrogens (tertiary/aromatic N) is 2. The first-order valence-corrected chi connectivity index (χ1v) is 7.50.